The minimum absolute atomic E-state index is 0.0215. The monoisotopic (exact) mass is 1510 g/mol. The van der Waals surface area contributed by atoms with Gasteiger partial charge in [0.25, 0.3) is 0 Å². The second-order valence-electron chi connectivity index (χ2n) is 26.9. The molecule has 0 spiro atoms. The molecule has 0 radical (unpaired) electrons. The zero-order chi connectivity index (χ0) is 76.5. The molecule has 3 fully saturated rings. The molecular weight excluding hydrogens is 1420 g/mol. The third-order valence-corrected chi connectivity index (χ3v) is 20.0. The maximum Gasteiger partial charge on any atom is 0.416 e. The molecule has 35 nitrogen and oxygen atoms in total. The van der Waals surface area contributed by atoms with Crippen molar-refractivity contribution in [3.8, 4) is 0 Å². The van der Waals surface area contributed by atoms with Crippen LogP contribution in [0.2, 0.25) is 0 Å². The number of fused-ring (bicyclic) bond motifs is 5. The number of urea groups is 1. The van der Waals surface area contributed by atoms with Crippen LogP contribution in [0.5, 0.6) is 0 Å². The van der Waals surface area contributed by atoms with Crippen molar-refractivity contribution in [2.24, 2.45) is 5.92 Å². The number of benzene rings is 1. The summed E-state index contributed by atoms with van der Waals surface area (Å²) in [6.07, 6.45) is 0.678. The summed E-state index contributed by atoms with van der Waals surface area (Å²) in [6.45, 7) is 1.85. The van der Waals surface area contributed by atoms with Crippen molar-refractivity contribution in [3.05, 3.63) is 65.5 Å². The van der Waals surface area contributed by atoms with Crippen molar-refractivity contribution in [1.82, 2.24) is 99.4 Å². The fourth-order valence-corrected chi connectivity index (χ4v) is 13.9. The van der Waals surface area contributed by atoms with E-state index in [1.165, 1.54) is 37.3 Å². The fraction of sp³-hybridized carbons (Fsp3) is 0.627. The minimum atomic E-state index is -4.71. The summed E-state index contributed by atoms with van der Waals surface area (Å²) in [5.74, 6) is -10.7. The lowest BCUT2D eigenvalue weighted by atomic mass is 10.0. The minimum Gasteiger partial charge on any atom is -0.481 e. The molecule has 1 aliphatic carbocycles. The van der Waals surface area contributed by atoms with Crippen LogP contribution in [0.15, 0.2) is 43.0 Å². The van der Waals surface area contributed by atoms with Gasteiger partial charge < -0.3 is 89.3 Å². The largest absolute Gasteiger partial charge is 0.481 e. The average molecular weight is 1510 g/mol. The topological polar surface area (TPSA) is 496 Å². The van der Waals surface area contributed by atoms with Crippen molar-refractivity contribution in [2.45, 2.75) is 220 Å². The molecule has 39 heteroatoms. The molecule has 14 amide bonds. The Kier molecular flexibility index (Phi) is 30.8. The van der Waals surface area contributed by atoms with Gasteiger partial charge in [0.15, 0.2) is 0 Å². The van der Waals surface area contributed by atoms with Gasteiger partial charge in [0, 0.05) is 81.6 Å². The van der Waals surface area contributed by atoms with Gasteiger partial charge in [-0.15, -0.1) is 5.10 Å². The van der Waals surface area contributed by atoms with Crippen LogP contribution in [0.25, 0.3) is 0 Å². The Labute approximate surface area is 612 Å². The second-order valence-corrected chi connectivity index (χ2v) is 28.2. The third kappa shape index (κ3) is 26.3. The number of hydrogen-bond donors (Lipinski definition) is 16. The Morgan fingerprint density at radius 2 is 1.37 bits per heavy atom. The van der Waals surface area contributed by atoms with Gasteiger partial charge in [0.2, 0.25) is 70.9 Å². The maximum absolute atomic E-state index is 14.8. The zero-order valence-corrected chi connectivity index (χ0v) is 59.7. The van der Waals surface area contributed by atoms with Crippen LogP contribution < -0.4 is 74.4 Å². The Balaban J connectivity index is 1.04. The van der Waals surface area contributed by atoms with Gasteiger partial charge in [-0.1, -0.05) is 43.5 Å². The number of carbonyl (C=O) groups excluding carboxylic acids is 13. The normalized spacial score (nSPS) is 26.1. The third-order valence-electron chi connectivity index (χ3n) is 18.5. The number of carboxylic acids is 1. The number of ether oxygens (including phenoxy) is 1. The molecule has 4 aliphatic heterocycles. The number of carbonyl (C=O) groups is 14. The first-order valence-electron chi connectivity index (χ1n) is 35.7. The Hall–Kier alpha value is -9.95. The maximum atomic E-state index is 14.8. The number of alkyl halides is 3. The number of aryl methyl sites for hydroxylation is 1. The molecule has 106 heavy (non-hydrogen) atoms. The molecule has 5 aliphatic rings. The van der Waals surface area contributed by atoms with E-state index in [0.717, 1.165) is 42.9 Å². The molecule has 4 bridgehead atoms. The molecule has 6 heterocycles. The zero-order valence-electron chi connectivity index (χ0n) is 58.8. The lowest BCUT2D eigenvalue weighted by Crippen LogP contribution is -2.60. The number of imidazole rings is 1. The highest BCUT2D eigenvalue weighted by molar-refractivity contribution is 8.00. The number of nitrogens with zero attached hydrogens (tertiary/aromatic N) is 4. The van der Waals surface area contributed by atoms with Gasteiger partial charge in [-0.3, -0.25) is 67.0 Å². The number of H-pyrrole nitrogens is 1. The molecule has 3 aromatic rings. The van der Waals surface area contributed by atoms with Crippen molar-refractivity contribution in [2.75, 3.05) is 38.6 Å². The highest BCUT2D eigenvalue weighted by Gasteiger charge is 2.43. The number of carboxylic acid groups (broad SMARTS) is 1. The van der Waals surface area contributed by atoms with E-state index in [-0.39, 0.29) is 150 Å². The second kappa shape index (κ2) is 40.0. The number of halogens is 3. The molecule has 580 valence electrons. The van der Waals surface area contributed by atoms with Crippen LogP contribution in [-0.4, -0.2) is 223 Å². The van der Waals surface area contributed by atoms with Crippen LogP contribution in [0.1, 0.15) is 139 Å². The predicted molar refractivity (Wildman–Crippen MR) is 370 cm³/mol. The Morgan fingerprint density at radius 3 is 2.09 bits per heavy atom. The van der Waals surface area contributed by atoms with E-state index in [4.69, 9.17) is 4.74 Å². The van der Waals surface area contributed by atoms with Gasteiger partial charge in [-0.2, -0.15) is 24.9 Å². The molecule has 8 rings (SSSR count). The molecule has 2 saturated heterocycles. The van der Waals surface area contributed by atoms with Crippen LogP contribution in [-0.2, 0) is 99.0 Å². The molecule has 2 aromatic heterocycles. The Morgan fingerprint density at radius 1 is 0.670 bits per heavy atom. The van der Waals surface area contributed by atoms with E-state index in [0.29, 0.717) is 25.0 Å². The van der Waals surface area contributed by atoms with Crippen LogP contribution in [0.3, 0.4) is 0 Å². The average Bonchev–Trinajstić information content (AvgIpc) is 1.62. The fourth-order valence-electron chi connectivity index (χ4n) is 12.4. The van der Waals surface area contributed by atoms with E-state index in [1.807, 2.05) is 0 Å². The number of thioether (sulfide) groups is 1. The van der Waals surface area contributed by atoms with Crippen molar-refractivity contribution in [1.29, 1.82) is 0 Å². The molecule has 0 unspecified atom stereocenters. The van der Waals surface area contributed by atoms with Crippen molar-refractivity contribution >= 4 is 94.6 Å². The van der Waals surface area contributed by atoms with E-state index in [1.54, 1.807) is 11.8 Å². The number of unbranched alkanes of at least 4 members (excludes halogenated alkanes) is 1. The van der Waals surface area contributed by atoms with E-state index in [2.05, 4.69) is 94.7 Å². The molecule has 12 atom stereocenters. The number of rotatable bonds is 22. The summed E-state index contributed by atoms with van der Waals surface area (Å²) in [7, 11) is 0. The molecule has 1 aromatic carbocycles. The standard InChI is InChI=1S/C67H94F3N19O16S/c1-3-42-60(98)81-46(28-38-15-17-39(18-16-38)67(68,69)70)58(96)73-22-7-6-9-43(77-53(91)21-25-105-26-23-72-52(90)12-5-4-11-51-56-50(34-106-51)85-66(104)86-56)61(99)76-36(2)57(95)80-44-10-8-24-89-33-41(87-88-89)30-49(64(102)79-42)84-63(101)45(19-20-55(93)94)78-54(92)32-74-59(97)47(27-37-13-14-37)82-65(103)48(83-62(44)100)29-40-31-71-35-75-40/h15-18,31,33,35-37,42-51,56H,3-14,19-30,32,34H2,1-2H3,(H,71,75)(H,72,90)(H,73,96)(H,74,97)(H,76,99)(H,77,91)(H,78,92)(H,79,102)(H,80,95)(H,81,98)(H,82,103)(H,83,100)(H,84,101)(H,93,94)(H2,85,86,104)/t36-,42-,43+,44+,45-,46-,47-,48-,49+,50-,51-,56-/m0/s1. The van der Waals surface area contributed by atoms with Crippen molar-refractivity contribution < 1.29 is 90.1 Å². The smallest absolute Gasteiger partial charge is 0.416 e. The van der Waals surface area contributed by atoms with Crippen LogP contribution in [0.4, 0.5) is 18.0 Å². The van der Waals surface area contributed by atoms with Gasteiger partial charge >= 0.3 is 18.2 Å². The Bertz CT molecular complexity index is 3590. The van der Waals surface area contributed by atoms with Gasteiger partial charge in [0.05, 0.1) is 55.1 Å². The summed E-state index contributed by atoms with van der Waals surface area (Å²) in [5, 5.41) is 55.5. The van der Waals surface area contributed by atoms with E-state index < -0.39 is 163 Å². The molecule has 16 N–H and O–H groups in total. The predicted octanol–water partition coefficient (Wildman–Crippen LogP) is -2.04. The van der Waals surface area contributed by atoms with Gasteiger partial charge in [0.1, 0.15) is 54.4 Å². The van der Waals surface area contributed by atoms with Gasteiger partial charge in [-0.05, 0) is 94.7 Å². The molecule has 1 saturated carbocycles. The number of aromatic nitrogens is 5. The number of hydrogen-bond acceptors (Lipinski definition) is 19. The first kappa shape index (κ1) is 81.7. The summed E-state index contributed by atoms with van der Waals surface area (Å²) >= 11 is 1.79. The lowest BCUT2D eigenvalue weighted by molar-refractivity contribution is -0.139. The van der Waals surface area contributed by atoms with Crippen LogP contribution >= 0.6 is 11.8 Å². The quantitative estimate of drug-likeness (QED) is 0.0381. The first-order valence-corrected chi connectivity index (χ1v) is 36.8. The van der Waals surface area contributed by atoms with Gasteiger partial charge in [-0.25, -0.2) is 9.78 Å². The lowest BCUT2D eigenvalue weighted by Gasteiger charge is -2.27. The summed E-state index contributed by atoms with van der Waals surface area (Å²) in [4.78, 5) is 200. The van der Waals surface area contributed by atoms with Crippen LogP contribution in [0, 0.1) is 5.92 Å². The molecular formula is C67H94F3N19O16S. The van der Waals surface area contributed by atoms with E-state index >= 15 is 0 Å². The number of aromatic amines is 1. The summed E-state index contributed by atoms with van der Waals surface area (Å²) in [6, 6.07) is -9.59. The summed E-state index contributed by atoms with van der Waals surface area (Å²) < 4.78 is 48.0. The highest BCUT2D eigenvalue weighted by atomic mass is 32.2. The number of nitrogens with one attached hydrogen (secondary N) is 15. The summed E-state index contributed by atoms with van der Waals surface area (Å²) in [5.41, 5.74) is -0.480. The van der Waals surface area contributed by atoms with E-state index in [9.17, 15) is 85.4 Å². The number of aliphatic carboxylic acids is 1. The number of amides is 14. The first-order chi connectivity index (χ1) is 50.7. The van der Waals surface area contributed by atoms with Crippen molar-refractivity contribution in [3.63, 3.8) is 0 Å². The highest BCUT2D eigenvalue weighted by Crippen LogP contribution is 2.35. The SMILES string of the molecule is CC[C@@H]1NC(=O)[C@H]2Cc3cn(nn3)CCC[C@@H](NC(=O)[C@H](C)NC(=O)[C@H](NC(=O)CCOCCNC(=O)CCCC[C@@H]3SC[C@@H]4NC(=O)N[C@@H]43)CCCCNC(=O)[C@H](Cc3ccc(C(F)(F)F)cc3)NC1=O)C(=O)N[C@@H](Cc1c[nH]cn1)C(=O)N[C@@H](CC1CC1)C(=O)NCC(=O)N[C@@H](CCC(=O)O)C(=O)N2.